The Morgan fingerprint density at radius 1 is 0.862 bits per heavy atom. The molecule has 0 aliphatic carbocycles. The van der Waals surface area contributed by atoms with Gasteiger partial charge >= 0.3 is 18.1 Å². The number of unbranched alkanes of at least 4 members (excludes halogenated alkanes) is 2. The summed E-state index contributed by atoms with van der Waals surface area (Å²) >= 11 is 0. The van der Waals surface area contributed by atoms with Gasteiger partial charge in [0.25, 0.3) is 11.0 Å². The van der Waals surface area contributed by atoms with Gasteiger partial charge in [-0.2, -0.15) is 0 Å². The molecule has 3 aromatic carbocycles. The molecule has 1 unspecified atom stereocenters. The number of aliphatic hydroxyl groups is 1. The molecular formula is C42H48FN3O12. The van der Waals surface area contributed by atoms with E-state index in [1.165, 1.54) is 19.1 Å². The molecule has 1 aromatic heterocycles. The number of carboxylic acids is 1. The number of carbonyl (C=O) groups excluding carboxylic acids is 3. The zero-order valence-electron chi connectivity index (χ0n) is 32.5. The third-order valence-electron chi connectivity index (χ3n) is 8.95. The Morgan fingerprint density at radius 2 is 1.52 bits per heavy atom. The summed E-state index contributed by atoms with van der Waals surface area (Å²) in [7, 11) is 0. The second-order valence-corrected chi connectivity index (χ2v) is 13.8. The number of anilines is 1. The summed E-state index contributed by atoms with van der Waals surface area (Å²) in [6, 6.07) is 24.0. The standard InChI is InChI=1S/C42H48FN3O12/c1-27(2)39-38(41(51)44-32-15-9-5-10-16-32)37(29-13-7-4-8-14-29)40(30-18-20-31(43)21-19-30)45(39)23-22-34(25-33(47)26-35(48)49)58-42(52)57-28(3)56-36(50)17-11-6-12-24-55-46(53)54/h4-5,7-10,13-16,18-21,27-28,33-34,47H,6,11-12,17,22-26H2,1-3H3,(H,44,51)(H,48,49)/t28?,33-,34-/m1/s1. The van der Waals surface area contributed by atoms with Gasteiger partial charge in [0.15, 0.2) is 0 Å². The number of benzene rings is 3. The zero-order valence-corrected chi connectivity index (χ0v) is 32.5. The van der Waals surface area contributed by atoms with Crippen molar-refractivity contribution in [2.75, 3.05) is 11.9 Å². The first-order valence-electron chi connectivity index (χ1n) is 18.9. The Bertz CT molecular complexity index is 1990. The molecule has 16 heteroatoms. The maximum Gasteiger partial charge on any atom is 0.511 e. The van der Waals surface area contributed by atoms with Crippen LogP contribution in [-0.2, 0) is 35.2 Å². The number of hydrogen-bond acceptors (Lipinski definition) is 11. The number of ether oxygens (including phenoxy) is 3. The van der Waals surface area contributed by atoms with Crippen molar-refractivity contribution in [3.05, 3.63) is 112 Å². The summed E-state index contributed by atoms with van der Waals surface area (Å²) in [5, 5.41) is 32.4. The molecule has 310 valence electrons. The number of rotatable bonds is 22. The van der Waals surface area contributed by atoms with Gasteiger partial charge in [-0.05, 0) is 66.3 Å². The topological polar surface area (TPSA) is 206 Å². The minimum Gasteiger partial charge on any atom is -0.481 e. The predicted octanol–water partition coefficient (Wildman–Crippen LogP) is 8.13. The first-order valence-corrected chi connectivity index (χ1v) is 18.9. The summed E-state index contributed by atoms with van der Waals surface area (Å²) < 4.78 is 32.2. The number of hydrogen-bond donors (Lipinski definition) is 3. The van der Waals surface area contributed by atoms with Crippen molar-refractivity contribution < 1.29 is 57.9 Å². The van der Waals surface area contributed by atoms with Gasteiger partial charge in [0.2, 0.25) is 6.29 Å². The van der Waals surface area contributed by atoms with Crippen LogP contribution in [0.1, 0.15) is 87.7 Å². The molecule has 3 N–H and O–H groups in total. The molecule has 3 atom stereocenters. The predicted molar refractivity (Wildman–Crippen MR) is 210 cm³/mol. The molecule has 4 aromatic rings. The molecule has 4 rings (SSSR count). The normalized spacial score (nSPS) is 12.6. The van der Waals surface area contributed by atoms with Crippen molar-refractivity contribution in [1.29, 1.82) is 0 Å². The average Bonchev–Trinajstić information content (AvgIpc) is 3.51. The van der Waals surface area contributed by atoms with E-state index < -0.39 is 59.8 Å². The first kappa shape index (κ1) is 44.4. The van der Waals surface area contributed by atoms with Crippen LogP contribution in [0.5, 0.6) is 0 Å². The Balaban J connectivity index is 1.66. The monoisotopic (exact) mass is 805 g/mol. The van der Waals surface area contributed by atoms with E-state index in [0.717, 1.165) is 0 Å². The van der Waals surface area contributed by atoms with Crippen molar-refractivity contribution in [2.45, 2.75) is 96.7 Å². The molecule has 0 bridgehead atoms. The number of aromatic nitrogens is 1. The van der Waals surface area contributed by atoms with Gasteiger partial charge in [0, 0.05) is 49.7 Å². The van der Waals surface area contributed by atoms with Gasteiger partial charge < -0.3 is 39.1 Å². The third kappa shape index (κ3) is 13.4. The number of aliphatic carboxylic acids is 1. The van der Waals surface area contributed by atoms with E-state index in [9.17, 15) is 43.9 Å². The quantitative estimate of drug-likeness (QED) is 0.0226. The number of esters is 1. The van der Waals surface area contributed by atoms with E-state index in [1.54, 1.807) is 36.4 Å². The Kier molecular flexibility index (Phi) is 16.7. The van der Waals surface area contributed by atoms with Crippen LogP contribution in [-0.4, -0.2) is 69.0 Å². The lowest BCUT2D eigenvalue weighted by Crippen LogP contribution is -2.29. The summed E-state index contributed by atoms with van der Waals surface area (Å²) in [6.07, 6.45) is -4.99. The highest BCUT2D eigenvalue weighted by Gasteiger charge is 2.32. The second kappa shape index (κ2) is 21.9. The number of carbonyl (C=O) groups is 4. The van der Waals surface area contributed by atoms with Crippen molar-refractivity contribution in [3.8, 4) is 22.4 Å². The fourth-order valence-electron chi connectivity index (χ4n) is 6.55. The summed E-state index contributed by atoms with van der Waals surface area (Å²) in [5.41, 5.74) is 4.00. The van der Waals surface area contributed by atoms with Crippen molar-refractivity contribution >= 4 is 29.7 Å². The average molecular weight is 806 g/mol. The van der Waals surface area contributed by atoms with E-state index in [1.807, 2.05) is 54.8 Å². The van der Waals surface area contributed by atoms with Crippen LogP contribution in [0, 0.1) is 15.9 Å². The third-order valence-corrected chi connectivity index (χ3v) is 8.95. The zero-order chi connectivity index (χ0) is 42.2. The molecule has 0 spiro atoms. The molecule has 0 aliphatic heterocycles. The lowest BCUT2D eigenvalue weighted by Gasteiger charge is -2.23. The van der Waals surface area contributed by atoms with Crippen molar-refractivity contribution in [2.24, 2.45) is 0 Å². The van der Waals surface area contributed by atoms with E-state index in [-0.39, 0.29) is 38.3 Å². The Labute approximate surface area is 334 Å². The Hall–Kier alpha value is -6.29. The minimum absolute atomic E-state index is 0.00330. The fourth-order valence-corrected chi connectivity index (χ4v) is 6.55. The smallest absolute Gasteiger partial charge is 0.481 e. The molecule has 1 heterocycles. The molecule has 0 aliphatic rings. The first-order chi connectivity index (χ1) is 27.7. The molecule has 0 saturated carbocycles. The number of aliphatic hydroxyl groups excluding tert-OH is 1. The van der Waals surface area contributed by atoms with E-state index in [0.29, 0.717) is 58.6 Å². The van der Waals surface area contributed by atoms with Crippen LogP contribution in [0.4, 0.5) is 14.9 Å². The lowest BCUT2D eigenvalue weighted by molar-refractivity contribution is -0.757. The van der Waals surface area contributed by atoms with E-state index >= 15 is 0 Å². The number of nitrogens with zero attached hydrogens (tertiary/aromatic N) is 2. The van der Waals surface area contributed by atoms with Crippen LogP contribution in [0.25, 0.3) is 22.4 Å². The van der Waals surface area contributed by atoms with Crippen LogP contribution in [0.15, 0.2) is 84.9 Å². The molecule has 1 amide bonds. The largest absolute Gasteiger partial charge is 0.511 e. The van der Waals surface area contributed by atoms with Gasteiger partial charge in [0.05, 0.1) is 30.4 Å². The number of para-hydroxylation sites is 1. The number of amides is 1. The minimum atomic E-state index is -1.42. The maximum atomic E-state index is 14.4. The van der Waals surface area contributed by atoms with Crippen molar-refractivity contribution in [3.63, 3.8) is 0 Å². The summed E-state index contributed by atoms with van der Waals surface area (Å²) in [4.78, 5) is 65.7. The molecule has 0 fully saturated rings. The van der Waals surface area contributed by atoms with E-state index in [2.05, 4.69) is 10.2 Å². The highest BCUT2D eigenvalue weighted by atomic mass is 19.1. The number of nitrogens with one attached hydrogen (secondary N) is 1. The van der Waals surface area contributed by atoms with Crippen LogP contribution in [0.3, 0.4) is 0 Å². The fraction of sp³-hybridized carbons (Fsp3) is 0.381. The number of halogens is 1. The van der Waals surface area contributed by atoms with Gasteiger partial charge in [-0.1, -0.05) is 68.8 Å². The van der Waals surface area contributed by atoms with Crippen LogP contribution >= 0.6 is 0 Å². The van der Waals surface area contributed by atoms with E-state index in [4.69, 9.17) is 14.2 Å². The lowest BCUT2D eigenvalue weighted by atomic mass is 9.94. The number of carboxylic acid groups (broad SMARTS) is 1. The van der Waals surface area contributed by atoms with Crippen LogP contribution in [0.2, 0.25) is 0 Å². The molecule has 15 nitrogen and oxygen atoms in total. The maximum absolute atomic E-state index is 14.4. The Morgan fingerprint density at radius 3 is 2.14 bits per heavy atom. The van der Waals surface area contributed by atoms with Gasteiger partial charge in [-0.25, -0.2) is 9.18 Å². The van der Waals surface area contributed by atoms with Gasteiger partial charge in [-0.15, -0.1) is 10.1 Å². The SMILES string of the molecule is CC(OC(=O)CCCCCO[N+](=O)[O-])OC(=O)O[C@H](CCn1c(-c2ccc(F)cc2)c(-c2ccccc2)c(C(=O)Nc2ccccc2)c1C(C)C)C[C@@H](O)CC(=O)O. The molecule has 0 radical (unpaired) electrons. The summed E-state index contributed by atoms with van der Waals surface area (Å²) in [5.74, 6) is -3.08. The van der Waals surface area contributed by atoms with Crippen molar-refractivity contribution in [1.82, 2.24) is 4.57 Å². The van der Waals surface area contributed by atoms with Gasteiger partial charge in [0.1, 0.15) is 11.9 Å². The molecule has 58 heavy (non-hydrogen) atoms. The van der Waals surface area contributed by atoms with Gasteiger partial charge in [-0.3, -0.25) is 14.4 Å². The molecule has 0 saturated heterocycles. The second-order valence-electron chi connectivity index (χ2n) is 13.8. The highest BCUT2D eigenvalue weighted by Crippen LogP contribution is 2.43. The molecular weight excluding hydrogens is 757 g/mol. The highest BCUT2D eigenvalue weighted by molar-refractivity contribution is 6.12. The van der Waals surface area contributed by atoms with Crippen LogP contribution < -0.4 is 5.32 Å². The summed E-state index contributed by atoms with van der Waals surface area (Å²) in [6.45, 7) is 5.11.